The number of hydrogen-bond donors (Lipinski definition) is 1. The van der Waals surface area contributed by atoms with E-state index in [1.165, 1.54) is 0 Å². The SMILES string of the molecule is CCC(O)C(C)c1cccc(C)n1. The first-order valence-electron chi connectivity index (χ1n) is 4.76. The Morgan fingerprint density at radius 3 is 2.69 bits per heavy atom. The summed E-state index contributed by atoms with van der Waals surface area (Å²) in [5.41, 5.74) is 1.99. The lowest BCUT2D eigenvalue weighted by atomic mass is 9.98. The number of aliphatic hydroxyl groups excluding tert-OH is 1. The number of aliphatic hydroxyl groups is 1. The second-order valence-electron chi connectivity index (χ2n) is 3.47. The van der Waals surface area contributed by atoms with Crippen LogP contribution in [0.1, 0.15) is 37.6 Å². The van der Waals surface area contributed by atoms with Gasteiger partial charge in [0.05, 0.1) is 6.10 Å². The van der Waals surface area contributed by atoms with Gasteiger partial charge in [-0.2, -0.15) is 0 Å². The van der Waals surface area contributed by atoms with E-state index in [-0.39, 0.29) is 12.0 Å². The Kier molecular flexibility index (Phi) is 3.43. The van der Waals surface area contributed by atoms with Gasteiger partial charge >= 0.3 is 0 Å². The van der Waals surface area contributed by atoms with Crippen LogP contribution in [-0.4, -0.2) is 16.2 Å². The molecule has 1 aromatic heterocycles. The normalized spacial score (nSPS) is 15.4. The van der Waals surface area contributed by atoms with Crippen molar-refractivity contribution < 1.29 is 5.11 Å². The van der Waals surface area contributed by atoms with Crippen LogP contribution in [0.25, 0.3) is 0 Å². The maximum Gasteiger partial charge on any atom is 0.0618 e. The fourth-order valence-electron chi connectivity index (χ4n) is 1.37. The molecule has 2 heteroatoms. The zero-order valence-electron chi connectivity index (χ0n) is 8.49. The van der Waals surface area contributed by atoms with Crippen LogP contribution in [0.3, 0.4) is 0 Å². The van der Waals surface area contributed by atoms with Crippen LogP contribution in [0.2, 0.25) is 0 Å². The van der Waals surface area contributed by atoms with E-state index in [1.807, 2.05) is 39.0 Å². The zero-order chi connectivity index (χ0) is 9.84. The molecule has 0 aliphatic rings. The quantitative estimate of drug-likeness (QED) is 0.772. The highest BCUT2D eigenvalue weighted by molar-refractivity contribution is 5.14. The summed E-state index contributed by atoms with van der Waals surface area (Å²) in [7, 11) is 0. The van der Waals surface area contributed by atoms with Gasteiger partial charge in [0.1, 0.15) is 0 Å². The molecule has 72 valence electrons. The molecule has 1 aromatic rings. The summed E-state index contributed by atoms with van der Waals surface area (Å²) >= 11 is 0. The van der Waals surface area contributed by atoms with Crippen molar-refractivity contribution in [1.29, 1.82) is 0 Å². The van der Waals surface area contributed by atoms with Gasteiger partial charge in [0.25, 0.3) is 0 Å². The first-order valence-corrected chi connectivity index (χ1v) is 4.76. The predicted molar refractivity (Wildman–Crippen MR) is 53.7 cm³/mol. The second kappa shape index (κ2) is 4.38. The molecule has 0 radical (unpaired) electrons. The number of aromatic nitrogens is 1. The van der Waals surface area contributed by atoms with Gasteiger partial charge in [-0.1, -0.05) is 19.9 Å². The van der Waals surface area contributed by atoms with E-state index in [9.17, 15) is 5.11 Å². The van der Waals surface area contributed by atoms with Crippen LogP contribution in [0.15, 0.2) is 18.2 Å². The summed E-state index contributed by atoms with van der Waals surface area (Å²) in [6, 6.07) is 5.92. The summed E-state index contributed by atoms with van der Waals surface area (Å²) in [6.45, 7) is 5.96. The molecule has 0 aliphatic heterocycles. The maximum absolute atomic E-state index is 9.63. The summed E-state index contributed by atoms with van der Waals surface area (Å²) in [5, 5.41) is 9.63. The third-order valence-corrected chi connectivity index (χ3v) is 2.37. The smallest absolute Gasteiger partial charge is 0.0618 e. The van der Waals surface area contributed by atoms with E-state index >= 15 is 0 Å². The summed E-state index contributed by atoms with van der Waals surface area (Å²) in [6.07, 6.45) is 0.492. The van der Waals surface area contributed by atoms with Crippen LogP contribution < -0.4 is 0 Å². The van der Waals surface area contributed by atoms with Gasteiger partial charge in [0, 0.05) is 17.3 Å². The predicted octanol–water partition coefficient (Wildman–Crippen LogP) is 2.26. The number of rotatable bonds is 3. The van der Waals surface area contributed by atoms with Crippen LogP contribution in [-0.2, 0) is 0 Å². The second-order valence-corrected chi connectivity index (χ2v) is 3.47. The Bertz CT molecular complexity index is 273. The molecule has 0 fully saturated rings. The Morgan fingerprint density at radius 1 is 1.46 bits per heavy atom. The molecular weight excluding hydrogens is 162 g/mol. The van der Waals surface area contributed by atoms with Crippen LogP contribution in [0.4, 0.5) is 0 Å². The van der Waals surface area contributed by atoms with Crippen molar-refractivity contribution in [3.05, 3.63) is 29.6 Å². The topological polar surface area (TPSA) is 33.1 Å². The van der Waals surface area contributed by atoms with Crippen molar-refractivity contribution in [2.24, 2.45) is 0 Å². The Morgan fingerprint density at radius 2 is 2.15 bits per heavy atom. The van der Waals surface area contributed by atoms with Crippen LogP contribution in [0, 0.1) is 6.92 Å². The standard InChI is InChI=1S/C11H17NO/c1-4-11(13)9(3)10-7-5-6-8(2)12-10/h5-7,9,11,13H,4H2,1-3H3. The van der Waals surface area contributed by atoms with Crippen molar-refractivity contribution >= 4 is 0 Å². The van der Waals surface area contributed by atoms with Gasteiger partial charge in [0.15, 0.2) is 0 Å². The summed E-state index contributed by atoms with van der Waals surface area (Å²) < 4.78 is 0. The Hall–Kier alpha value is -0.890. The largest absolute Gasteiger partial charge is 0.392 e. The summed E-state index contributed by atoms with van der Waals surface area (Å²) in [5.74, 6) is 0.130. The first kappa shape index (κ1) is 10.2. The maximum atomic E-state index is 9.63. The minimum absolute atomic E-state index is 0.130. The lowest BCUT2D eigenvalue weighted by molar-refractivity contribution is 0.143. The molecule has 1 N–H and O–H groups in total. The first-order chi connectivity index (χ1) is 6.15. The van der Waals surface area contributed by atoms with Crippen LogP contribution in [0.5, 0.6) is 0 Å². The number of aryl methyl sites for hydroxylation is 1. The molecule has 0 aromatic carbocycles. The minimum Gasteiger partial charge on any atom is -0.392 e. The number of hydrogen-bond acceptors (Lipinski definition) is 2. The lowest BCUT2D eigenvalue weighted by Gasteiger charge is -2.16. The zero-order valence-corrected chi connectivity index (χ0v) is 8.49. The molecule has 13 heavy (non-hydrogen) atoms. The molecule has 2 atom stereocenters. The third-order valence-electron chi connectivity index (χ3n) is 2.37. The van der Waals surface area contributed by atoms with E-state index in [2.05, 4.69) is 4.98 Å². The van der Waals surface area contributed by atoms with Gasteiger partial charge in [-0.3, -0.25) is 4.98 Å². The Labute approximate surface area is 79.6 Å². The van der Waals surface area contributed by atoms with Crippen molar-refractivity contribution in [2.45, 2.75) is 39.2 Å². The molecule has 0 saturated carbocycles. The number of pyridine rings is 1. The molecule has 0 amide bonds. The third kappa shape index (κ3) is 2.52. The molecule has 1 heterocycles. The van der Waals surface area contributed by atoms with Crippen molar-refractivity contribution in [3.63, 3.8) is 0 Å². The molecule has 0 aliphatic carbocycles. The average molecular weight is 179 g/mol. The molecular formula is C11H17NO. The molecule has 1 rings (SSSR count). The van der Waals surface area contributed by atoms with Crippen molar-refractivity contribution in [3.8, 4) is 0 Å². The molecule has 0 bridgehead atoms. The highest BCUT2D eigenvalue weighted by atomic mass is 16.3. The molecule has 2 nitrogen and oxygen atoms in total. The average Bonchev–Trinajstić information content (AvgIpc) is 2.15. The fourth-order valence-corrected chi connectivity index (χ4v) is 1.37. The Balaban J connectivity index is 2.82. The molecule has 2 unspecified atom stereocenters. The van der Waals surface area contributed by atoms with Crippen molar-refractivity contribution in [2.75, 3.05) is 0 Å². The fraction of sp³-hybridized carbons (Fsp3) is 0.545. The van der Waals surface area contributed by atoms with Crippen molar-refractivity contribution in [1.82, 2.24) is 4.98 Å². The molecule has 0 saturated heterocycles. The van der Waals surface area contributed by atoms with Gasteiger partial charge in [-0.05, 0) is 25.5 Å². The van der Waals surface area contributed by atoms with Gasteiger partial charge in [0.2, 0.25) is 0 Å². The number of nitrogens with zero attached hydrogens (tertiary/aromatic N) is 1. The lowest BCUT2D eigenvalue weighted by Crippen LogP contribution is -2.15. The van der Waals surface area contributed by atoms with E-state index in [0.717, 1.165) is 17.8 Å². The van der Waals surface area contributed by atoms with Crippen LogP contribution >= 0.6 is 0 Å². The van der Waals surface area contributed by atoms with E-state index in [1.54, 1.807) is 0 Å². The summed E-state index contributed by atoms with van der Waals surface area (Å²) in [4.78, 5) is 4.38. The minimum atomic E-state index is -0.283. The highest BCUT2D eigenvalue weighted by Crippen LogP contribution is 2.18. The highest BCUT2D eigenvalue weighted by Gasteiger charge is 2.15. The van der Waals surface area contributed by atoms with Gasteiger partial charge in [-0.25, -0.2) is 0 Å². The van der Waals surface area contributed by atoms with E-state index in [0.29, 0.717) is 0 Å². The molecule has 0 spiro atoms. The monoisotopic (exact) mass is 179 g/mol. The van der Waals surface area contributed by atoms with Gasteiger partial charge in [-0.15, -0.1) is 0 Å². The van der Waals surface area contributed by atoms with E-state index in [4.69, 9.17) is 0 Å². The van der Waals surface area contributed by atoms with E-state index < -0.39 is 0 Å². The van der Waals surface area contributed by atoms with Gasteiger partial charge < -0.3 is 5.11 Å².